The van der Waals surface area contributed by atoms with Gasteiger partial charge >= 0.3 is 0 Å². The molecular formula is C21H32IN5O. The number of hydrogen-bond acceptors (Lipinski definition) is 4. The van der Waals surface area contributed by atoms with Gasteiger partial charge < -0.3 is 19.9 Å². The highest BCUT2D eigenvalue weighted by Crippen LogP contribution is 2.62. The van der Waals surface area contributed by atoms with Crippen molar-refractivity contribution in [3.63, 3.8) is 0 Å². The maximum atomic E-state index is 6.08. The van der Waals surface area contributed by atoms with Crippen molar-refractivity contribution < 1.29 is 4.74 Å². The fourth-order valence-electron chi connectivity index (χ4n) is 5.67. The smallest absolute Gasteiger partial charge is 0.194 e. The molecule has 0 amide bonds. The predicted molar refractivity (Wildman–Crippen MR) is 122 cm³/mol. The van der Waals surface area contributed by atoms with E-state index in [2.05, 4.69) is 39.2 Å². The molecule has 0 radical (unpaired) electrons. The molecule has 5 rings (SSSR count). The molecule has 2 saturated heterocycles. The van der Waals surface area contributed by atoms with Gasteiger partial charge in [0, 0.05) is 62.9 Å². The van der Waals surface area contributed by atoms with Crippen LogP contribution in [0, 0.1) is 11.3 Å². The summed E-state index contributed by atoms with van der Waals surface area (Å²) in [4.78, 5) is 14.2. The Hall–Kier alpha value is -1.09. The first-order valence-electron chi connectivity index (χ1n) is 10.7. The van der Waals surface area contributed by atoms with Crippen LogP contribution in [0.3, 0.4) is 0 Å². The first kappa shape index (κ1) is 20.2. The zero-order chi connectivity index (χ0) is 18.3. The van der Waals surface area contributed by atoms with E-state index in [9.17, 15) is 0 Å². The number of guanidine groups is 1. The highest BCUT2D eigenvalue weighted by molar-refractivity contribution is 14.0. The van der Waals surface area contributed by atoms with Crippen LogP contribution in [0.4, 0.5) is 5.82 Å². The van der Waals surface area contributed by atoms with Crippen molar-refractivity contribution >= 4 is 35.8 Å². The largest absolute Gasteiger partial charge is 0.377 e. The Balaban J connectivity index is 0.00000192. The molecule has 0 aromatic carbocycles. The molecule has 1 N–H and O–H groups in total. The van der Waals surface area contributed by atoms with E-state index >= 15 is 0 Å². The van der Waals surface area contributed by atoms with Gasteiger partial charge in [-0.1, -0.05) is 12.5 Å². The Morgan fingerprint density at radius 3 is 2.75 bits per heavy atom. The standard InChI is InChI=1S/C21H31N5O.HI/c1-2-22-20(24-18-16-7-15-27-19(16)21(18)8-5-9-21)26-13-11-25(12-14-26)17-6-3-4-10-23-17;/h3-4,6,10,16,18-19H,2,5,7-9,11-15H2,1H3,(H,22,24);1H. The average molecular weight is 497 g/mol. The predicted octanol–water partition coefficient (Wildman–Crippen LogP) is 2.74. The molecule has 1 spiro atoms. The number of fused-ring (bicyclic) bond motifs is 2. The number of pyridine rings is 1. The molecule has 2 aliphatic carbocycles. The average Bonchev–Trinajstić information content (AvgIpc) is 3.10. The third kappa shape index (κ3) is 3.28. The number of nitrogens with one attached hydrogen (secondary N) is 1. The molecular weight excluding hydrogens is 465 g/mol. The van der Waals surface area contributed by atoms with Crippen LogP contribution in [0.2, 0.25) is 0 Å². The van der Waals surface area contributed by atoms with E-state index < -0.39 is 0 Å². The number of rotatable bonds is 3. The summed E-state index contributed by atoms with van der Waals surface area (Å²) in [5.41, 5.74) is 0.394. The second-order valence-corrected chi connectivity index (χ2v) is 8.41. The van der Waals surface area contributed by atoms with Crippen LogP contribution < -0.4 is 10.2 Å². The van der Waals surface area contributed by atoms with Crippen LogP contribution in [0.1, 0.15) is 32.6 Å². The third-order valence-corrected chi connectivity index (χ3v) is 7.18. The lowest BCUT2D eigenvalue weighted by Crippen LogP contribution is -2.73. The van der Waals surface area contributed by atoms with Gasteiger partial charge in [0.25, 0.3) is 0 Å². The lowest BCUT2D eigenvalue weighted by Gasteiger charge is -2.63. The molecule has 3 heterocycles. The van der Waals surface area contributed by atoms with E-state index in [0.29, 0.717) is 23.5 Å². The molecule has 28 heavy (non-hydrogen) atoms. The second-order valence-electron chi connectivity index (χ2n) is 8.41. The maximum absolute atomic E-state index is 6.08. The molecule has 3 atom stereocenters. The topological polar surface area (TPSA) is 53.0 Å². The number of halogens is 1. The quantitative estimate of drug-likeness (QED) is 0.396. The van der Waals surface area contributed by atoms with Crippen LogP contribution >= 0.6 is 24.0 Å². The summed E-state index contributed by atoms with van der Waals surface area (Å²) < 4.78 is 6.08. The lowest BCUT2D eigenvalue weighted by molar-refractivity contribution is -0.171. The normalized spacial score (nSPS) is 30.9. The van der Waals surface area contributed by atoms with Crippen LogP contribution in [0.15, 0.2) is 29.4 Å². The monoisotopic (exact) mass is 497 g/mol. The molecule has 1 aromatic heterocycles. The van der Waals surface area contributed by atoms with Crippen molar-refractivity contribution in [3.8, 4) is 0 Å². The maximum Gasteiger partial charge on any atom is 0.194 e. The molecule has 2 saturated carbocycles. The Kier molecular flexibility index (Phi) is 6.01. The van der Waals surface area contributed by atoms with E-state index in [-0.39, 0.29) is 24.0 Å². The Bertz CT molecular complexity index is 687. The van der Waals surface area contributed by atoms with Gasteiger partial charge in [-0.05, 0) is 38.3 Å². The SMILES string of the molecule is CCN=C(NC1C2CCOC2C12CCC2)N1CCN(c2ccccn2)CC1.I. The minimum atomic E-state index is 0. The first-order valence-corrected chi connectivity index (χ1v) is 10.7. The van der Waals surface area contributed by atoms with Gasteiger partial charge in [-0.2, -0.15) is 0 Å². The van der Waals surface area contributed by atoms with Gasteiger partial charge in [-0.15, -0.1) is 24.0 Å². The minimum Gasteiger partial charge on any atom is -0.377 e. The van der Waals surface area contributed by atoms with Crippen molar-refractivity contribution in [1.82, 2.24) is 15.2 Å². The third-order valence-electron chi connectivity index (χ3n) is 7.18. The fraction of sp³-hybridized carbons (Fsp3) is 0.714. The van der Waals surface area contributed by atoms with Crippen LogP contribution in [0.25, 0.3) is 0 Å². The van der Waals surface area contributed by atoms with E-state index in [0.717, 1.165) is 51.1 Å². The summed E-state index contributed by atoms with van der Waals surface area (Å²) in [6, 6.07) is 6.70. The van der Waals surface area contributed by atoms with Crippen LogP contribution in [0.5, 0.6) is 0 Å². The van der Waals surface area contributed by atoms with Crippen molar-refractivity contribution in [3.05, 3.63) is 24.4 Å². The lowest BCUT2D eigenvalue weighted by atomic mass is 9.46. The summed E-state index contributed by atoms with van der Waals surface area (Å²) in [6.45, 7) is 7.87. The first-order chi connectivity index (χ1) is 13.3. The van der Waals surface area contributed by atoms with Crippen LogP contribution in [-0.4, -0.2) is 67.3 Å². The van der Waals surface area contributed by atoms with Gasteiger partial charge in [0.1, 0.15) is 5.82 Å². The van der Waals surface area contributed by atoms with E-state index in [1.807, 2.05) is 12.3 Å². The summed E-state index contributed by atoms with van der Waals surface area (Å²) >= 11 is 0. The summed E-state index contributed by atoms with van der Waals surface area (Å²) in [5, 5.41) is 3.90. The van der Waals surface area contributed by atoms with E-state index in [4.69, 9.17) is 9.73 Å². The Morgan fingerprint density at radius 1 is 1.29 bits per heavy atom. The minimum absolute atomic E-state index is 0. The highest BCUT2D eigenvalue weighted by Gasteiger charge is 2.66. The Labute approximate surface area is 185 Å². The Morgan fingerprint density at radius 2 is 2.11 bits per heavy atom. The van der Waals surface area contributed by atoms with Crippen LogP contribution in [-0.2, 0) is 4.74 Å². The molecule has 1 aromatic rings. The molecule has 4 fully saturated rings. The summed E-state index contributed by atoms with van der Waals surface area (Å²) in [5.74, 6) is 2.87. The number of aromatic nitrogens is 1. The number of piperazine rings is 1. The van der Waals surface area contributed by atoms with E-state index in [1.54, 1.807) is 0 Å². The summed E-state index contributed by atoms with van der Waals surface area (Å²) in [6.07, 6.45) is 7.58. The highest BCUT2D eigenvalue weighted by atomic mass is 127. The van der Waals surface area contributed by atoms with Gasteiger partial charge in [0.2, 0.25) is 0 Å². The number of nitrogens with zero attached hydrogens (tertiary/aromatic N) is 4. The van der Waals surface area contributed by atoms with E-state index in [1.165, 1.54) is 25.7 Å². The second kappa shape index (κ2) is 8.34. The number of ether oxygens (including phenoxy) is 1. The van der Waals surface area contributed by atoms with Gasteiger partial charge in [0.15, 0.2) is 5.96 Å². The molecule has 3 unspecified atom stereocenters. The van der Waals surface area contributed by atoms with Gasteiger partial charge in [-0.3, -0.25) is 4.99 Å². The molecule has 2 aliphatic heterocycles. The molecule has 7 heteroatoms. The molecule has 6 nitrogen and oxygen atoms in total. The number of aliphatic imine (C=N–C) groups is 1. The fourth-order valence-corrected chi connectivity index (χ4v) is 5.67. The molecule has 4 aliphatic rings. The molecule has 154 valence electrons. The molecule has 0 bridgehead atoms. The van der Waals surface area contributed by atoms with Crippen molar-refractivity contribution in [2.24, 2.45) is 16.3 Å². The number of anilines is 1. The van der Waals surface area contributed by atoms with Gasteiger partial charge in [-0.25, -0.2) is 4.98 Å². The van der Waals surface area contributed by atoms with Crippen molar-refractivity contribution in [1.29, 1.82) is 0 Å². The zero-order valence-corrected chi connectivity index (χ0v) is 19.0. The zero-order valence-electron chi connectivity index (χ0n) is 16.7. The summed E-state index contributed by atoms with van der Waals surface area (Å²) in [7, 11) is 0. The van der Waals surface area contributed by atoms with Crippen molar-refractivity contribution in [2.75, 3.05) is 44.2 Å². The number of hydrogen-bond donors (Lipinski definition) is 1. The van der Waals surface area contributed by atoms with Gasteiger partial charge in [0.05, 0.1) is 6.10 Å². The van der Waals surface area contributed by atoms with Crippen molar-refractivity contribution in [2.45, 2.75) is 44.8 Å².